The molecule has 0 saturated heterocycles. The first-order valence-corrected chi connectivity index (χ1v) is 4.85. The van der Waals surface area contributed by atoms with Crippen molar-refractivity contribution in [3.05, 3.63) is 29.8 Å². The Balaban J connectivity index is 2.87. The predicted molar refractivity (Wildman–Crippen MR) is 58.2 cm³/mol. The van der Waals surface area contributed by atoms with Gasteiger partial charge in [0.25, 0.3) is 0 Å². The lowest BCUT2D eigenvalue weighted by molar-refractivity contribution is 0.0412. The van der Waals surface area contributed by atoms with Crippen LogP contribution < -0.4 is 4.74 Å². The third kappa shape index (κ3) is 3.36. The van der Waals surface area contributed by atoms with E-state index in [9.17, 15) is 4.79 Å². The van der Waals surface area contributed by atoms with Gasteiger partial charge in [-0.25, -0.2) is 0 Å². The smallest absolute Gasteiger partial charge is 0.159 e. The lowest BCUT2D eigenvalue weighted by atomic mass is 10.1. The molecule has 1 rings (SSSR count). The van der Waals surface area contributed by atoms with Crippen LogP contribution in [0.15, 0.2) is 24.3 Å². The van der Waals surface area contributed by atoms with Crippen molar-refractivity contribution in [3.8, 4) is 5.75 Å². The minimum atomic E-state index is -0.630. The second-order valence-corrected chi connectivity index (χ2v) is 4.10. The number of benzene rings is 1. The molecule has 15 heavy (non-hydrogen) atoms. The fraction of sp³-hybridized carbons (Fsp3) is 0.417. The van der Waals surface area contributed by atoms with Crippen LogP contribution in [0.5, 0.6) is 5.75 Å². The molecule has 1 aromatic rings. The van der Waals surface area contributed by atoms with Gasteiger partial charge in [0, 0.05) is 5.56 Å². The van der Waals surface area contributed by atoms with Gasteiger partial charge in [0.05, 0.1) is 6.61 Å². The van der Waals surface area contributed by atoms with E-state index in [1.54, 1.807) is 38.1 Å². The lowest BCUT2D eigenvalue weighted by Gasteiger charge is -2.24. The van der Waals surface area contributed by atoms with Gasteiger partial charge in [0.1, 0.15) is 11.4 Å². The van der Waals surface area contributed by atoms with E-state index < -0.39 is 5.60 Å². The second-order valence-electron chi connectivity index (χ2n) is 4.10. The van der Waals surface area contributed by atoms with Crippen LogP contribution in [0.1, 0.15) is 31.1 Å². The van der Waals surface area contributed by atoms with Gasteiger partial charge >= 0.3 is 0 Å². The van der Waals surface area contributed by atoms with Crippen molar-refractivity contribution in [2.24, 2.45) is 0 Å². The van der Waals surface area contributed by atoms with Crippen LogP contribution >= 0.6 is 0 Å². The summed E-state index contributed by atoms with van der Waals surface area (Å²) in [5.74, 6) is 0.601. The maximum absolute atomic E-state index is 11.1. The van der Waals surface area contributed by atoms with Gasteiger partial charge in [-0.05, 0) is 32.9 Å². The fourth-order valence-electron chi connectivity index (χ4n) is 1.13. The summed E-state index contributed by atoms with van der Waals surface area (Å²) >= 11 is 0. The zero-order valence-electron chi connectivity index (χ0n) is 9.28. The van der Waals surface area contributed by atoms with Gasteiger partial charge in [-0.3, -0.25) is 4.79 Å². The molecule has 0 spiro atoms. The van der Waals surface area contributed by atoms with E-state index in [2.05, 4.69) is 0 Å². The maximum Gasteiger partial charge on any atom is 0.159 e. The number of aliphatic hydroxyl groups is 1. The molecule has 1 N–H and O–H groups in total. The molecular formula is C12H16O3. The molecule has 3 nitrogen and oxygen atoms in total. The number of hydrogen-bond acceptors (Lipinski definition) is 3. The number of ketones is 1. The first kappa shape index (κ1) is 11.7. The molecule has 0 aliphatic heterocycles. The van der Waals surface area contributed by atoms with Crippen LogP contribution in [0.4, 0.5) is 0 Å². The molecule has 0 fully saturated rings. The molecule has 0 aliphatic carbocycles. The van der Waals surface area contributed by atoms with E-state index >= 15 is 0 Å². The van der Waals surface area contributed by atoms with Crippen LogP contribution in [-0.4, -0.2) is 23.1 Å². The van der Waals surface area contributed by atoms with Crippen molar-refractivity contribution < 1.29 is 14.6 Å². The Morgan fingerprint density at radius 2 is 2.13 bits per heavy atom. The highest BCUT2D eigenvalue weighted by atomic mass is 16.5. The summed E-state index contributed by atoms with van der Waals surface area (Å²) in [5.41, 5.74) is -0.0173. The monoisotopic (exact) mass is 208 g/mol. The molecule has 0 heterocycles. The number of ether oxygens (including phenoxy) is 1. The summed E-state index contributed by atoms with van der Waals surface area (Å²) in [4.78, 5) is 11.1. The fourth-order valence-corrected chi connectivity index (χ4v) is 1.13. The highest BCUT2D eigenvalue weighted by Gasteiger charge is 2.18. The van der Waals surface area contributed by atoms with Gasteiger partial charge in [0.2, 0.25) is 0 Å². The normalized spacial score (nSPS) is 11.2. The summed E-state index contributed by atoms with van der Waals surface area (Å²) in [7, 11) is 0. The largest absolute Gasteiger partial charge is 0.485 e. The van der Waals surface area contributed by atoms with E-state index in [0.29, 0.717) is 11.3 Å². The molecule has 0 atom stereocenters. The van der Waals surface area contributed by atoms with E-state index in [0.717, 1.165) is 0 Å². The number of Topliss-reactive ketones (excluding diaryl/α,β-unsaturated/α-hetero) is 1. The lowest BCUT2D eigenvalue weighted by Crippen LogP contribution is -2.32. The highest BCUT2D eigenvalue weighted by molar-refractivity contribution is 5.94. The average molecular weight is 208 g/mol. The number of hydrogen-bond donors (Lipinski definition) is 1. The van der Waals surface area contributed by atoms with Crippen molar-refractivity contribution in [3.63, 3.8) is 0 Å². The number of rotatable bonds is 4. The Bertz CT molecular complexity index is 356. The Kier molecular flexibility index (Phi) is 3.48. The van der Waals surface area contributed by atoms with E-state index in [1.165, 1.54) is 6.92 Å². The van der Waals surface area contributed by atoms with Gasteiger partial charge in [-0.2, -0.15) is 0 Å². The van der Waals surface area contributed by atoms with Crippen LogP contribution in [0.3, 0.4) is 0 Å². The molecule has 0 amide bonds. The highest BCUT2D eigenvalue weighted by Crippen LogP contribution is 2.19. The van der Waals surface area contributed by atoms with Crippen molar-refractivity contribution in [2.75, 3.05) is 6.61 Å². The molecule has 82 valence electrons. The van der Waals surface area contributed by atoms with Crippen molar-refractivity contribution in [2.45, 2.75) is 26.4 Å². The summed E-state index contributed by atoms with van der Waals surface area (Å²) < 4.78 is 5.54. The minimum absolute atomic E-state index is 0.00209. The van der Waals surface area contributed by atoms with E-state index in [1.807, 2.05) is 0 Å². The van der Waals surface area contributed by atoms with Gasteiger partial charge in [-0.1, -0.05) is 12.1 Å². The van der Waals surface area contributed by atoms with Crippen LogP contribution in [0, 0.1) is 0 Å². The summed E-state index contributed by atoms with van der Waals surface area (Å²) in [5, 5.41) is 9.04. The topological polar surface area (TPSA) is 46.5 Å². The van der Waals surface area contributed by atoms with E-state index in [4.69, 9.17) is 9.84 Å². The molecule has 0 bridgehead atoms. The Morgan fingerprint density at radius 3 is 2.67 bits per heavy atom. The first-order chi connectivity index (χ1) is 6.94. The van der Waals surface area contributed by atoms with Crippen molar-refractivity contribution >= 4 is 5.78 Å². The van der Waals surface area contributed by atoms with Crippen LogP contribution in [0.2, 0.25) is 0 Å². The molecule has 1 aromatic carbocycles. The van der Waals surface area contributed by atoms with Gasteiger partial charge < -0.3 is 9.84 Å². The quantitative estimate of drug-likeness (QED) is 0.770. The van der Waals surface area contributed by atoms with Gasteiger partial charge in [-0.15, -0.1) is 0 Å². The molecule has 0 saturated carbocycles. The van der Waals surface area contributed by atoms with Gasteiger partial charge in [0.15, 0.2) is 5.78 Å². The second kappa shape index (κ2) is 4.45. The van der Waals surface area contributed by atoms with Crippen LogP contribution in [-0.2, 0) is 0 Å². The molecule has 0 aromatic heterocycles. The zero-order valence-corrected chi connectivity index (χ0v) is 9.28. The number of aliphatic hydroxyl groups excluding tert-OH is 1. The molecule has 3 heteroatoms. The average Bonchev–Trinajstić information content (AvgIpc) is 2.17. The summed E-state index contributed by atoms with van der Waals surface area (Å²) in [6.45, 7) is 5.01. The molecule has 0 aliphatic rings. The standard InChI is InChI=1S/C12H16O3/c1-9(14)10-5-4-6-11(7-10)15-12(2,3)8-13/h4-7,13H,8H2,1-3H3. The SMILES string of the molecule is CC(=O)c1cccc(OC(C)(C)CO)c1. The summed E-state index contributed by atoms with van der Waals surface area (Å²) in [6, 6.07) is 6.95. The first-order valence-electron chi connectivity index (χ1n) is 4.85. The van der Waals surface area contributed by atoms with Crippen molar-refractivity contribution in [1.82, 2.24) is 0 Å². The third-order valence-corrected chi connectivity index (χ3v) is 2.02. The Labute approximate surface area is 89.7 Å². The summed E-state index contributed by atoms with van der Waals surface area (Å²) in [6.07, 6.45) is 0. The Hall–Kier alpha value is -1.35. The minimum Gasteiger partial charge on any atom is -0.485 e. The number of carbonyl (C=O) groups is 1. The van der Waals surface area contributed by atoms with Crippen LogP contribution in [0.25, 0.3) is 0 Å². The third-order valence-electron chi connectivity index (χ3n) is 2.02. The number of carbonyl (C=O) groups excluding carboxylic acids is 1. The predicted octanol–water partition coefficient (Wildman–Crippen LogP) is 2.04. The maximum atomic E-state index is 11.1. The van der Waals surface area contributed by atoms with E-state index in [-0.39, 0.29) is 12.4 Å². The van der Waals surface area contributed by atoms with Crippen molar-refractivity contribution in [1.29, 1.82) is 0 Å². The molecule has 0 unspecified atom stereocenters. The molecular weight excluding hydrogens is 192 g/mol. The zero-order chi connectivity index (χ0) is 11.5. The Morgan fingerprint density at radius 1 is 1.47 bits per heavy atom. The molecule has 0 radical (unpaired) electrons.